The number of fused-ring (bicyclic) bond motifs is 1. The molecule has 0 saturated carbocycles. The van der Waals surface area contributed by atoms with E-state index in [4.69, 9.17) is 9.73 Å². The van der Waals surface area contributed by atoms with Crippen molar-refractivity contribution in [3.05, 3.63) is 35.9 Å². The average molecular weight is 391 g/mol. The number of benzene rings is 1. The number of amidine groups is 1. The van der Waals surface area contributed by atoms with Crippen LogP contribution in [0.1, 0.15) is 18.9 Å². The van der Waals surface area contributed by atoms with Crippen LogP contribution in [0.3, 0.4) is 0 Å². The summed E-state index contributed by atoms with van der Waals surface area (Å²) in [7, 11) is 1.67. The molecule has 1 fully saturated rings. The second-order valence-electron chi connectivity index (χ2n) is 6.50. The summed E-state index contributed by atoms with van der Waals surface area (Å²) < 4.78 is 5.47. The predicted molar refractivity (Wildman–Crippen MR) is 107 cm³/mol. The van der Waals surface area contributed by atoms with Crippen LogP contribution in [0.5, 0.6) is 0 Å². The normalized spacial score (nSPS) is 21.9. The molecule has 2 aliphatic heterocycles. The summed E-state index contributed by atoms with van der Waals surface area (Å²) in [5, 5.41) is 3.23. The highest BCUT2D eigenvalue weighted by atomic mass is 32.2. The van der Waals surface area contributed by atoms with Crippen LogP contribution < -0.4 is 5.32 Å². The number of hydrogen-bond acceptors (Lipinski definition) is 6. The second-order valence-corrected chi connectivity index (χ2v) is 7.57. The Kier molecular flexibility index (Phi) is 6.73. The summed E-state index contributed by atoms with van der Waals surface area (Å²) in [4.78, 5) is 32.5. The standard InChI is InChI=1S/C19H26N4O3S/c1-3-26-12-11-23-15-16(22(2)18(25)21-17(15)24)20-19(23)27-13-7-10-14-8-5-4-6-9-14/h4-6,8-9,15-16H,3,7,10-13H2,1-2H3,(H,21,24,25). The lowest BCUT2D eigenvalue weighted by Crippen LogP contribution is -2.63. The molecule has 2 heterocycles. The molecule has 1 aromatic rings. The second kappa shape index (κ2) is 9.23. The van der Waals surface area contributed by atoms with Crippen LogP contribution in [0, 0.1) is 0 Å². The fourth-order valence-electron chi connectivity index (χ4n) is 3.25. The lowest BCUT2D eigenvalue weighted by molar-refractivity contribution is -0.127. The topological polar surface area (TPSA) is 74.2 Å². The highest BCUT2D eigenvalue weighted by Crippen LogP contribution is 2.28. The van der Waals surface area contributed by atoms with Gasteiger partial charge in [-0.1, -0.05) is 42.1 Å². The van der Waals surface area contributed by atoms with Gasteiger partial charge in [-0.05, 0) is 25.3 Å². The number of urea groups is 1. The number of hydrogen-bond donors (Lipinski definition) is 1. The van der Waals surface area contributed by atoms with E-state index >= 15 is 0 Å². The molecule has 1 saturated heterocycles. The highest BCUT2D eigenvalue weighted by Gasteiger charge is 2.48. The SMILES string of the molecule is CCOCCN1C(SCCCc2ccccc2)=NC2C1C(=O)NC(=O)N2C. The molecule has 1 N–H and O–H groups in total. The Labute approximate surface area is 164 Å². The number of aryl methyl sites for hydroxylation is 1. The van der Waals surface area contributed by atoms with Gasteiger partial charge >= 0.3 is 6.03 Å². The van der Waals surface area contributed by atoms with Crippen molar-refractivity contribution in [3.8, 4) is 0 Å². The molecule has 8 heteroatoms. The van der Waals surface area contributed by atoms with Crippen LogP contribution in [0.25, 0.3) is 0 Å². The number of carbonyl (C=O) groups excluding carboxylic acids is 2. The molecule has 3 amide bonds. The lowest BCUT2D eigenvalue weighted by Gasteiger charge is -2.36. The third-order valence-electron chi connectivity index (χ3n) is 4.69. The van der Waals surface area contributed by atoms with Crippen molar-refractivity contribution in [2.45, 2.75) is 32.0 Å². The molecule has 0 aliphatic carbocycles. The van der Waals surface area contributed by atoms with Crippen LogP contribution in [-0.2, 0) is 16.0 Å². The molecule has 27 heavy (non-hydrogen) atoms. The molecule has 0 radical (unpaired) electrons. The Balaban J connectivity index is 1.62. The number of rotatable bonds is 8. The fourth-order valence-corrected chi connectivity index (χ4v) is 4.27. The van der Waals surface area contributed by atoms with E-state index in [0.29, 0.717) is 19.8 Å². The third kappa shape index (κ3) is 4.62. The highest BCUT2D eigenvalue weighted by molar-refractivity contribution is 8.13. The van der Waals surface area contributed by atoms with E-state index in [0.717, 1.165) is 23.8 Å². The van der Waals surface area contributed by atoms with Crippen molar-refractivity contribution in [2.75, 3.05) is 32.6 Å². The van der Waals surface area contributed by atoms with E-state index in [-0.39, 0.29) is 5.91 Å². The molecule has 0 bridgehead atoms. The van der Waals surface area contributed by atoms with E-state index in [1.807, 2.05) is 17.9 Å². The van der Waals surface area contributed by atoms with E-state index in [9.17, 15) is 9.59 Å². The van der Waals surface area contributed by atoms with Crippen LogP contribution >= 0.6 is 11.8 Å². The number of amides is 3. The van der Waals surface area contributed by atoms with Crippen LogP contribution in [-0.4, -0.2) is 71.7 Å². The maximum absolute atomic E-state index is 12.4. The maximum atomic E-state index is 12.4. The number of aliphatic imine (C=N–C) groups is 1. The van der Waals surface area contributed by atoms with Gasteiger partial charge in [-0.15, -0.1) is 0 Å². The van der Waals surface area contributed by atoms with Gasteiger partial charge in [-0.2, -0.15) is 0 Å². The summed E-state index contributed by atoms with van der Waals surface area (Å²) in [6.45, 7) is 3.67. The molecule has 2 unspecified atom stereocenters. The monoisotopic (exact) mass is 390 g/mol. The van der Waals surface area contributed by atoms with Crippen molar-refractivity contribution < 1.29 is 14.3 Å². The van der Waals surface area contributed by atoms with E-state index in [2.05, 4.69) is 29.6 Å². The zero-order valence-electron chi connectivity index (χ0n) is 15.8. The lowest BCUT2D eigenvalue weighted by atomic mass is 10.1. The smallest absolute Gasteiger partial charge is 0.325 e. The molecule has 2 atom stereocenters. The number of nitrogens with one attached hydrogen (secondary N) is 1. The van der Waals surface area contributed by atoms with E-state index < -0.39 is 18.2 Å². The Morgan fingerprint density at radius 2 is 2.04 bits per heavy atom. The Hall–Kier alpha value is -2.06. The molecule has 146 valence electrons. The molecular weight excluding hydrogens is 364 g/mol. The number of nitrogens with zero attached hydrogens (tertiary/aromatic N) is 3. The Bertz CT molecular complexity index is 697. The van der Waals surface area contributed by atoms with Crippen molar-refractivity contribution in [1.82, 2.24) is 15.1 Å². The van der Waals surface area contributed by atoms with Gasteiger partial charge in [0.05, 0.1) is 6.61 Å². The minimum atomic E-state index is -0.482. The van der Waals surface area contributed by atoms with Gasteiger partial charge in [0, 0.05) is 26.0 Å². The summed E-state index contributed by atoms with van der Waals surface area (Å²) in [6.07, 6.45) is 1.55. The van der Waals surface area contributed by atoms with Gasteiger partial charge in [0.1, 0.15) is 0 Å². The molecule has 7 nitrogen and oxygen atoms in total. The third-order valence-corrected chi connectivity index (χ3v) is 5.78. The quantitative estimate of drug-likeness (QED) is 0.687. The van der Waals surface area contributed by atoms with E-state index in [1.165, 1.54) is 10.5 Å². The predicted octanol–water partition coefficient (Wildman–Crippen LogP) is 1.94. The summed E-state index contributed by atoms with van der Waals surface area (Å²) in [5.74, 6) is 0.612. The molecular formula is C19H26N4O3S. The first-order valence-electron chi connectivity index (χ1n) is 9.28. The van der Waals surface area contributed by atoms with Crippen molar-refractivity contribution in [3.63, 3.8) is 0 Å². The molecule has 3 rings (SSSR count). The van der Waals surface area contributed by atoms with Crippen molar-refractivity contribution in [2.24, 2.45) is 4.99 Å². The summed E-state index contributed by atoms with van der Waals surface area (Å²) in [6, 6.07) is 9.50. The number of carbonyl (C=O) groups is 2. The van der Waals surface area contributed by atoms with E-state index in [1.54, 1.807) is 18.8 Å². The van der Waals surface area contributed by atoms with Crippen LogP contribution in [0.4, 0.5) is 4.79 Å². The van der Waals surface area contributed by atoms with Crippen molar-refractivity contribution in [1.29, 1.82) is 0 Å². The van der Waals surface area contributed by atoms with Gasteiger partial charge in [0.2, 0.25) is 0 Å². The number of imide groups is 1. The molecule has 2 aliphatic rings. The first-order chi connectivity index (χ1) is 13.1. The number of ether oxygens (including phenoxy) is 1. The minimum absolute atomic E-state index is 0.289. The fraction of sp³-hybridized carbons (Fsp3) is 0.526. The van der Waals surface area contributed by atoms with Gasteiger partial charge in [-0.25, -0.2) is 9.79 Å². The number of likely N-dealkylation sites (N-methyl/N-ethyl adjacent to an activating group) is 1. The number of thioether (sulfide) groups is 1. The first kappa shape index (κ1) is 19.7. The van der Waals surface area contributed by atoms with Gasteiger partial charge in [0.25, 0.3) is 5.91 Å². The van der Waals surface area contributed by atoms with Crippen LogP contribution in [0.2, 0.25) is 0 Å². The van der Waals surface area contributed by atoms with Gasteiger partial charge in [-0.3, -0.25) is 10.1 Å². The summed E-state index contributed by atoms with van der Waals surface area (Å²) >= 11 is 1.64. The zero-order valence-corrected chi connectivity index (χ0v) is 16.6. The zero-order chi connectivity index (χ0) is 19.2. The van der Waals surface area contributed by atoms with Crippen molar-refractivity contribution >= 4 is 28.9 Å². The minimum Gasteiger partial charge on any atom is -0.380 e. The Morgan fingerprint density at radius 3 is 2.78 bits per heavy atom. The molecule has 0 spiro atoms. The largest absolute Gasteiger partial charge is 0.380 e. The maximum Gasteiger partial charge on any atom is 0.325 e. The van der Waals surface area contributed by atoms with Gasteiger partial charge < -0.3 is 14.5 Å². The Morgan fingerprint density at radius 1 is 1.26 bits per heavy atom. The first-order valence-corrected chi connectivity index (χ1v) is 10.3. The molecule has 0 aromatic heterocycles. The molecule has 1 aromatic carbocycles. The van der Waals surface area contributed by atoms with Crippen LogP contribution in [0.15, 0.2) is 35.3 Å². The average Bonchev–Trinajstić information content (AvgIpc) is 3.04. The van der Waals surface area contributed by atoms with Gasteiger partial charge in [0.15, 0.2) is 17.4 Å². The summed E-state index contributed by atoms with van der Waals surface area (Å²) in [5.41, 5.74) is 1.32.